The van der Waals surface area contributed by atoms with Crippen LogP contribution in [-0.4, -0.2) is 38.5 Å². The minimum Gasteiger partial charge on any atom is -0.340 e. The zero-order valence-corrected chi connectivity index (χ0v) is 16.1. The molecule has 0 atom stereocenters. The van der Waals surface area contributed by atoms with Gasteiger partial charge in [-0.2, -0.15) is 0 Å². The number of aromatic nitrogens is 3. The van der Waals surface area contributed by atoms with Gasteiger partial charge in [0.25, 0.3) is 0 Å². The second-order valence-corrected chi connectivity index (χ2v) is 8.14. The Balaban J connectivity index is 1.63. The molecule has 0 unspecified atom stereocenters. The zero-order chi connectivity index (χ0) is 18.7. The maximum atomic E-state index is 13.9. The molecule has 0 aliphatic heterocycles. The van der Waals surface area contributed by atoms with E-state index in [1.165, 1.54) is 22.1 Å². The van der Waals surface area contributed by atoms with Gasteiger partial charge < -0.3 is 10.7 Å². The van der Waals surface area contributed by atoms with Crippen molar-refractivity contribution in [1.82, 2.24) is 19.8 Å². The van der Waals surface area contributed by atoms with E-state index in [9.17, 15) is 9.18 Å². The van der Waals surface area contributed by atoms with Crippen molar-refractivity contribution in [1.29, 1.82) is 0 Å². The van der Waals surface area contributed by atoms with Crippen molar-refractivity contribution < 1.29 is 9.18 Å². The van der Waals surface area contributed by atoms with Gasteiger partial charge >= 0.3 is 0 Å². The summed E-state index contributed by atoms with van der Waals surface area (Å²) in [5, 5.41) is 8.22. The first kappa shape index (κ1) is 18.7. The molecule has 0 aliphatic rings. The van der Waals surface area contributed by atoms with E-state index in [4.69, 9.17) is 17.4 Å². The Morgan fingerprint density at radius 1 is 1.35 bits per heavy atom. The maximum Gasteiger partial charge on any atom is 0.233 e. The lowest BCUT2D eigenvalue weighted by molar-refractivity contribution is -0.127. The number of benzene rings is 1. The van der Waals surface area contributed by atoms with E-state index in [2.05, 4.69) is 10.2 Å². The molecule has 0 spiro atoms. The number of rotatable bonds is 6. The summed E-state index contributed by atoms with van der Waals surface area (Å²) >= 11 is 8.48. The predicted molar refractivity (Wildman–Crippen MR) is 102 cm³/mol. The number of hydrogen-bond acceptors (Lipinski definition) is 6. The van der Waals surface area contributed by atoms with E-state index in [1.807, 2.05) is 6.07 Å². The highest BCUT2D eigenvalue weighted by molar-refractivity contribution is 7.99. The Kier molecular flexibility index (Phi) is 5.80. The Hall–Kier alpha value is -2.10. The van der Waals surface area contributed by atoms with Crippen LogP contribution in [-0.2, 0) is 11.3 Å². The standard InChI is InChI=1S/C16H15ClFN5OS2/c1-22(8-10-6-7-13(17)26-10)14(24)9-25-16-21-20-15(23(16)19)11-4-2-3-5-12(11)18/h2-7H,8-9,19H2,1H3. The molecule has 0 fully saturated rings. The minimum atomic E-state index is -0.437. The topological polar surface area (TPSA) is 77.0 Å². The second-order valence-electron chi connectivity index (χ2n) is 5.40. The molecule has 2 N–H and O–H groups in total. The van der Waals surface area contributed by atoms with Crippen LogP contribution in [0.5, 0.6) is 0 Å². The monoisotopic (exact) mass is 411 g/mol. The smallest absolute Gasteiger partial charge is 0.233 e. The quantitative estimate of drug-likeness (QED) is 0.497. The maximum absolute atomic E-state index is 13.9. The van der Waals surface area contributed by atoms with Gasteiger partial charge in [0.1, 0.15) is 5.82 Å². The number of nitrogens with two attached hydrogens (primary N) is 1. The van der Waals surface area contributed by atoms with Crippen LogP contribution in [0.4, 0.5) is 4.39 Å². The van der Waals surface area contributed by atoms with E-state index in [-0.39, 0.29) is 23.0 Å². The van der Waals surface area contributed by atoms with E-state index in [0.717, 1.165) is 16.6 Å². The molecular weight excluding hydrogens is 397 g/mol. The fraction of sp³-hybridized carbons (Fsp3) is 0.188. The summed E-state index contributed by atoms with van der Waals surface area (Å²) in [6, 6.07) is 9.86. The third-order valence-corrected chi connectivity index (χ3v) is 5.70. The normalized spacial score (nSPS) is 10.9. The van der Waals surface area contributed by atoms with Gasteiger partial charge in [-0.25, -0.2) is 9.07 Å². The van der Waals surface area contributed by atoms with Crippen molar-refractivity contribution in [3.05, 3.63) is 51.4 Å². The molecule has 6 nitrogen and oxygen atoms in total. The summed E-state index contributed by atoms with van der Waals surface area (Å²) < 4.78 is 15.8. The van der Waals surface area contributed by atoms with Crippen molar-refractivity contribution in [3.8, 4) is 11.4 Å². The summed E-state index contributed by atoms with van der Waals surface area (Å²) in [5.74, 6) is 5.78. The van der Waals surface area contributed by atoms with Crippen molar-refractivity contribution in [2.75, 3.05) is 18.6 Å². The Morgan fingerprint density at radius 2 is 2.12 bits per heavy atom. The van der Waals surface area contributed by atoms with Crippen LogP contribution in [0, 0.1) is 5.82 Å². The molecule has 0 radical (unpaired) electrons. The molecule has 1 amide bonds. The molecular formula is C16H15ClFN5OS2. The lowest BCUT2D eigenvalue weighted by Crippen LogP contribution is -2.27. The van der Waals surface area contributed by atoms with Gasteiger partial charge in [-0.05, 0) is 24.3 Å². The number of carbonyl (C=O) groups excluding carboxylic acids is 1. The van der Waals surface area contributed by atoms with Crippen molar-refractivity contribution >= 4 is 40.6 Å². The lowest BCUT2D eigenvalue weighted by atomic mass is 10.2. The van der Waals surface area contributed by atoms with Crippen molar-refractivity contribution in [2.24, 2.45) is 0 Å². The van der Waals surface area contributed by atoms with E-state index in [0.29, 0.717) is 16.0 Å². The second kappa shape index (κ2) is 8.07. The first-order chi connectivity index (χ1) is 12.5. The van der Waals surface area contributed by atoms with E-state index in [1.54, 1.807) is 36.2 Å². The SMILES string of the molecule is CN(Cc1ccc(Cl)s1)C(=O)CSc1nnc(-c2ccccc2F)n1N. The van der Waals surface area contributed by atoms with Crippen molar-refractivity contribution in [3.63, 3.8) is 0 Å². The van der Waals surface area contributed by atoms with Gasteiger partial charge in [-0.15, -0.1) is 21.5 Å². The van der Waals surface area contributed by atoms with Crippen LogP contribution in [0.2, 0.25) is 4.34 Å². The predicted octanol–water partition coefficient (Wildman–Crippen LogP) is 3.26. The number of amides is 1. The van der Waals surface area contributed by atoms with Crippen LogP contribution in [0.25, 0.3) is 11.4 Å². The molecule has 26 heavy (non-hydrogen) atoms. The summed E-state index contributed by atoms with van der Waals surface area (Å²) in [5.41, 5.74) is 0.257. The average molecular weight is 412 g/mol. The third-order valence-electron chi connectivity index (χ3n) is 3.55. The van der Waals surface area contributed by atoms with Crippen molar-refractivity contribution in [2.45, 2.75) is 11.7 Å². The third kappa shape index (κ3) is 4.17. The Morgan fingerprint density at radius 3 is 2.81 bits per heavy atom. The number of halogens is 2. The Labute approximate surface area is 162 Å². The summed E-state index contributed by atoms with van der Waals surface area (Å²) in [7, 11) is 1.72. The zero-order valence-electron chi connectivity index (χ0n) is 13.7. The van der Waals surface area contributed by atoms with Crippen LogP contribution in [0.15, 0.2) is 41.6 Å². The number of thiophene rings is 1. The molecule has 1 aromatic carbocycles. The average Bonchev–Trinajstić information content (AvgIpc) is 3.19. The van der Waals surface area contributed by atoms with Gasteiger partial charge in [0.05, 0.1) is 22.2 Å². The minimum absolute atomic E-state index is 0.0880. The molecule has 0 saturated heterocycles. The van der Waals surface area contributed by atoms with Gasteiger partial charge in [-0.1, -0.05) is 35.5 Å². The highest BCUT2D eigenvalue weighted by atomic mass is 35.5. The first-order valence-electron chi connectivity index (χ1n) is 7.52. The lowest BCUT2D eigenvalue weighted by Gasteiger charge is -2.15. The highest BCUT2D eigenvalue weighted by Crippen LogP contribution is 2.25. The Bertz CT molecular complexity index is 929. The molecule has 2 heterocycles. The molecule has 0 aliphatic carbocycles. The summed E-state index contributed by atoms with van der Waals surface area (Å²) in [4.78, 5) is 14.9. The van der Waals surface area contributed by atoms with Crippen LogP contribution < -0.4 is 5.84 Å². The first-order valence-corrected chi connectivity index (χ1v) is 9.70. The fourth-order valence-corrected chi connectivity index (χ4v) is 4.14. The largest absolute Gasteiger partial charge is 0.340 e. The molecule has 136 valence electrons. The summed E-state index contributed by atoms with van der Waals surface area (Å²) in [6.07, 6.45) is 0. The fourth-order valence-electron chi connectivity index (χ4n) is 2.20. The molecule has 10 heteroatoms. The molecule has 0 bridgehead atoms. The number of thioether (sulfide) groups is 1. The van der Waals surface area contributed by atoms with Crippen LogP contribution >= 0.6 is 34.7 Å². The molecule has 2 aromatic heterocycles. The molecule has 3 rings (SSSR count). The van der Waals surface area contributed by atoms with Crippen LogP contribution in [0.3, 0.4) is 0 Å². The molecule has 0 saturated carbocycles. The van der Waals surface area contributed by atoms with Gasteiger partial charge in [-0.3, -0.25) is 4.79 Å². The highest BCUT2D eigenvalue weighted by Gasteiger charge is 2.17. The van der Waals surface area contributed by atoms with Gasteiger partial charge in [0.15, 0.2) is 5.82 Å². The summed E-state index contributed by atoms with van der Waals surface area (Å²) in [6.45, 7) is 0.479. The van der Waals surface area contributed by atoms with E-state index < -0.39 is 5.82 Å². The number of nitrogens with zero attached hydrogens (tertiary/aromatic N) is 4. The number of carbonyl (C=O) groups is 1. The van der Waals surface area contributed by atoms with E-state index >= 15 is 0 Å². The molecule has 3 aromatic rings. The van der Waals surface area contributed by atoms with Gasteiger partial charge in [0.2, 0.25) is 11.1 Å². The van der Waals surface area contributed by atoms with Gasteiger partial charge in [0, 0.05) is 11.9 Å². The van der Waals surface area contributed by atoms with Crippen LogP contribution in [0.1, 0.15) is 4.88 Å². The number of nitrogen functional groups attached to an aromatic ring is 1. The number of hydrogen-bond donors (Lipinski definition) is 1.